The van der Waals surface area contributed by atoms with Crippen molar-refractivity contribution >= 4 is 21.6 Å². The van der Waals surface area contributed by atoms with Gasteiger partial charge in [0.25, 0.3) is 0 Å². The SMILES string of the molecule is CC1(C)CCC(Nc2cc(F)ccc2Br)C1. The maximum absolute atomic E-state index is 13.1. The molecule has 0 bridgehead atoms. The van der Waals surface area contributed by atoms with Crippen LogP contribution in [0, 0.1) is 11.2 Å². The Hall–Kier alpha value is -0.570. The van der Waals surface area contributed by atoms with Gasteiger partial charge in [0, 0.05) is 10.5 Å². The van der Waals surface area contributed by atoms with Gasteiger partial charge in [-0.05, 0) is 58.8 Å². The van der Waals surface area contributed by atoms with E-state index in [1.807, 2.05) is 0 Å². The van der Waals surface area contributed by atoms with Gasteiger partial charge in [0.2, 0.25) is 0 Å². The molecule has 1 atom stereocenters. The number of hydrogen-bond donors (Lipinski definition) is 1. The van der Waals surface area contributed by atoms with Crippen LogP contribution in [-0.4, -0.2) is 6.04 Å². The molecule has 0 aromatic heterocycles. The smallest absolute Gasteiger partial charge is 0.125 e. The van der Waals surface area contributed by atoms with Crippen molar-refractivity contribution < 1.29 is 4.39 Å². The molecule has 88 valence electrons. The summed E-state index contributed by atoms with van der Waals surface area (Å²) in [6, 6.07) is 5.23. The van der Waals surface area contributed by atoms with E-state index in [-0.39, 0.29) is 5.82 Å². The van der Waals surface area contributed by atoms with E-state index in [0.29, 0.717) is 11.5 Å². The first-order valence-electron chi connectivity index (χ1n) is 5.68. The van der Waals surface area contributed by atoms with Crippen molar-refractivity contribution in [2.45, 2.75) is 39.2 Å². The van der Waals surface area contributed by atoms with Gasteiger partial charge in [-0.1, -0.05) is 13.8 Å². The van der Waals surface area contributed by atoms with Crippen molar-refractivity contribution in [3.63, 3.8) is 0 Å². The molecular weight excluding hydrogens is 269 g/mol. The van der Waals surface area contributed by atoms with E-state index in [4.69, 9.17) is 0 Å². The molecule has 3 heteroatoms. The van der Waals surface area contributed by atoms with Gasteiger partial charge in [0.1, 0.15) is 5.82 Å². The molecule has 16 heavy (non-hydrogen) atoms. The van der Waals surface area contributed by atoms with Crippen LogP contribution in [0.2, 0.25) is 0 Å². The molecule has 1 aliphatic rings. The summed E-state index contributed by atoms with van der Waals surface area (Å²) in [5.74, 6) is -0.192. The molecule has 0 amide bonds. The minimum atomic E-state index is -0.192. The maximum atomic E-state index is 13.1. The highest BCUT2D eigenvalue weighted by Crippen LogP contribution is 2.39. The molecule has 1 fully saturated rings. The molecule has 1 N–H and O–H groups in total. The Morgan fingerprint density at radius 3 is 2.81 bits per heavy atom. The Morgan fingerprint density at radius 1 is 1.44 bits per heavy atom. The molecule has 0 heterocycles. The summed E-state index contributed by atoms with van der Waals surface area (Å²) in [4.78, 5) is 0. The van der Waals surface area contributed by atoms with Crippen molar-refractivity contribution in [3.8, 4) is 0 Å². The third-order valence-corrected chi connectivity index (χ3v) is 3.95. The summed E-state index contributed by atoms with van der Waals surface area (Å²) in [5, 5.41) is 3.42. The second-order valence-corrected chi connectivity index (χ2v) is 6.23. The van der Waals surface area contributed by atoms with Crippen molar-refractivity contribution in [3.05, 3.63) is 28.5 Å². The minimum absolute atomic E-state index is 0.192. The lowest BCUT2D eigenvalue weighted by molar-refractivity contribution is 0.378. The monoisotopic (exact) mass is 285 g/mol. The third kappa shape index (κ3) is 2.76. The first kappa shape index (κ1) is 11.9. The van der Waals surface area contributed by atoms with Gasteiger partial charge in [-0.3, -0.25) is 0 Å². The Balaban J connectivity index is 2.07. The van der Waals surface area contributed by atoms with Crippen LogP contribution < -0.4 is 5.32 Å². The zero-order chi connectivity index (χ0) is 11.8. The number of halogens is 2. The van der Waals surface area contributed by atoms with Crippen LogP contribution in [0.4, 0.5) is 10.1 Å². The molecule has 1 aromatic carbocycles. The highest BCUT2D eigenvalue weighted by Gasteiger charge is 2.30. The van der Waals surface area contributed by atoms with Gasteiger partial charge in [0.05, 0.1) is 5.69 Å². The van der Waals surface area contributed by atoms with E-state index in [0.717, 1.165) is 23.0 Å². The van der Waals surface area contributed by atoms with Gasteiger partial charge in [-0.2, -0.15) is 0 Å². The fourth-order valence-electron chi connectivity index (χ4n) is 2.39. The van der Waals surface area contributed by atoms with Gasteiger partial charge in [-0.25, -0.2) is 4.39 Å². The van der Waals surface area contributed by atoms with Crippen LogP contribution in [0.5, 0.6) is 0 Å². The van der Waals surface area contributed by atoms with E-state index >= 15 is 0 Å². The predicted octanol–water partition coefficient (Wildman–Crippen LogP) is 4.58. The van der Waals surface area contributed by atoms with Crippen LogP contribution in [0.25, 0.3) is 0 Å². The average molecular weight is 286 g/mol. The summed E-state index contributed by atoms with van der Waals surface area (Å²) < 4.78 is 14.0. The summed E-state index contributed by atoms with van der Waals surface area (Å²) in [7, 11) is 0. The summed E-state index contributed by atoms with van der Waals surface area (Å²) in [6.07, 6.45) is 3.55. The highest BCUT2D eigenvalue weighted by atomic mass is 79.9. The maximum Gasteiger partial charge on any atom is 0.125 e. The van der Waals surface area contributed by atoms with Crippen LogP contribution in [-0.2, 0) is 0 Å². The molecule has 0 radical (unpaired) electrons. The van der Waals surface area contributed by atoms with Crippen LogP contribution in [0.1, 0.15) is 33.1 Å². The molecule has 0 aliphatic heterocycles. The predicted molar refractivity (Wildman–Crippen MR) is 69.1 cm³/mol. The summed E-state index contributed by atoms with van der Waals surface area (Å²) in [6.45, 7) is 4.57. The lowest BCUT2D eigenvalue weighted by Crippen LogP contribution is -2.17. The molecule has 1 unspecified atom stereocenters. The summed E-state index contributed by atoms with van der Waals surface area (Å²) >= 11 is 3.44. The van der Waals surface area contributed by atoms with Gasteiger partial charge >= 0.3 is 0 Å². The van der Waals surface area contributed by atoms with E-state index in [2.05, 4.69) is 35.1 Å². The molecule has 1 aliphatic carbocycles. The zero-order valence-corrected chi connectivity index (χ0v) is 11.3. The van der Waals surface area contributed by atoms with E-state index in [1.165, 1.54) is 12.5 Å². The molecule has 0 saturated heterocycles. The highest BCUT2D eigenvalue weighted by molar-refractivity contribution is 9.10. The topological polar surface area (TPSA) is 12.0 Å². The van der Waals surface area contributed by atoms with Crippen LogP contribution >= 0.6 is 15.9 Å². The van der Waals surface area contributed by atoms with Crippen molar-refractivity contribution in [2.24, 2.45) is 5.41 Å². The van der Waals surface area contributed by atoms with Crippen molar-refractivity contribution in [1.29, 1.82) is 0 Å². The fraction of sp³-hybridized carbons (Fsp3) is 0.538. The lowest BCUT2D eigenvalue weighted by atomic mass is 9.92. The Bertz CT molecular complexity index is 390. The Kier molecular flexibility index (Phi) is 3.24. The Labute approximate surface area is 105 Å². The molecule has 1 saturated carbocycles. The molecule has 0 spiro atoms. The molecule has 1 aromatic rings. The normalized spacial score (nSPS) is 23.4. The quantitative estimate of drug-likeness (QED) is 0.839. The second-order valence-electron chi connectivity index (χ2n) is 5.37. The van der Waals surface area contributed by atoms with Crippen molar-refractivity contribution in [2.75, 3.05) is 5.32 Å². The number of benzene rings is 1. The number of nitrogens with one attached hydrogen (secondary N) is 1. The van der Waals surface area contributed by atoms with Gasteiger partial charge in [-0.15, -0.1) is 0 Å². The average Bonchev–Trinajstić information content (AvgIpc) is 2.52. The largest absolute Gasteiger partial charge is 0.381 e. The second kappa shape index (κ2) is 4.36. The lowest BCUT2D eigenvalue weighted by Gasteiger charge is -2.19. The van der Waals surface area contributed by atoms with E-state index in [9.17, 15) is 4.39 Å². The number of rotatable bonds is 2. The first-order chi connectivity index (χ1) is 7.46. The van der Waals surface area contributed by atoms with E-state index in [1.54, 1.807) is 12.1 Å². The van der Waals surface area contributed by atoms with Crippen LogP contribution in [0.3, 0.4) is 0 Å². The third-order valence-electron chi connectivity index (χ3n) is 3.26. The number of hydrogen-bond acceptors (Lipinski definition) is 1. The summed E-state index contributed by atoms with van der Waals surface area (Å²) in [5.41, 5.74) is 1.28. The van der Waals surface area contributed by atoms with Crippen molar-refractivity contribution in [1.82, 2.24) is 0 Å². The molecule has 1 nitrogen and oxygen atoms in total. The fourth-order valence-corrected chi connectivity index (χ4v) is 2.75. The molecular formula is C13H17BrFN. The minimum Gasteiger partial charge on any atom is -0.381 e. The molecule has 2 rings (SSSR count). The zero-order valence-electron chi connectivity index (χ0n) is 9.69. The van der Waals surface area contributed by atoms with E-state index < -0.39 is 0 Å². The number of anilines is 1. The standard InChI is InChI=1S/C13H17BrFN/c1-13(2)6-5-10(8-13)16-12-7-9(15)3-4-11(12)14/h3-4,7,10,16H,5-6,8H2,1-2H3. The first-order valence-corrected chi connectivity index (χ1v) is 6.47. The Morgan fingerprint density at radius 2 is 2.19 bits per heavy atom. The van der Waals surface area contributed by atoms with Crippen LogP contribution in [0.15, 0.2) is 22.7 Å². The van der Waals surface area contributed by atoms with Gasteiger partial charge < -0.3 is 5.32 Å². The van der Waals surface area contributed by atoms with Gasteiger partial charge in [0.15, 0.2) is 0 Å².